The molecule has 0 atom stereocenters. The van der Waals surface area contributed by atoms with Crippen molar-refractivity contribution in [2.45, 2.75) is 39.5 Å². The van der Waals surface area contributed by atoms with Crippen LogP contribution in [0, 0.1) is 0 Å². The van der Waals surface area contributed by atoms with Gasteiger partial charge in [0.2, 0.25) is 0 Å². The fourth-order valence-corrected chi connectivity index (χ4v) is 3.33. The number of rotatable bonds is 4. The molecule has 2 aliphatic heterocycles. The standard InChI is InChI=1S/C20H27N3O2/c1-3-5-9-17(4-2)23-12-13-25-18-14-16(15-21-19(18)23)20(24)22-10-7-6-8-11-22/h4-5,9,14-15H,3,6-8,10-13H2,1-2H3/b9-5-,17-4+. The van der Waals surface area contributed by atoms with Gasteiger partial charge >= 0.3 is 0 Å². The Hall–Kier alpha value is -2.30. The van der Waals surface area contributed by atoms with E-state index in [1.165, 1.54) is 6.42 Å². The number of carbonyl (C=O) groups excluding carboxylic acids is 1. The van der Waals surface area contributed by atoms with Crippen LogP contribution in [0.1, 0.15) is 49.9 Å². The molecule has 1 aromatic heterocycles. The van der Waals surface area contributed by atoms with Crippen molar-refractivity contribution in [3.8, 4) is 5.75 Å². The van der Waals surface area contributed by atoms with Gasteiger partial charge in [0.05, 0.1) is 12.1 Å². The average molecular weight is 341 g/mol. The van der Waals surface area contributed by atoms with Gasteiger partial charge in [-0.15, -0.1) is 0 Å². The monoisotopic (exact) mass is 341 g/mol. The first-order valence-corrected chi connectivity index (χ1v) is 9.27. The molecule has 134 valence electrons. The third-order valence-corrected chi connectivity index (χ3v) is 4.68. The van der Waals surface area contributed by atoms with E-state index in [1.807, 2.05) is 17.9 Å². The Morgan fingerprint density at radius 2 is 2.08 bits per heavy atom. The average Bonchev–Trinajstić information content (AvgIpc) is 2.68. The minimum Gasteiger partial charge on any atom is -0.488 e. The molecule has 0 N–H and O–H groups in total. The second-order valence-electron chi connectivity index (χ2n) is 6.42. The first-order valence-electron chi connectivity index (χ1n) is 9.27. The molecule has 5 nitrogen and oxygen atoms in total. The van der Waals surface area contributed by atoms with E-state index >= 15 is 0 Å². The summed E-state index contributed by atoms with van der Waals surface area (Å²) in [5.41, 5.74) is 1.72. The summed E-state index contributed by atoms with van der Waals surface area (Å²) in [5, 5.41) is 0. The maximum absolute atomic E-state index is 12.7. The lowest BCUT2D eigenvalue weighted by Gasteiger charge is -2.31. The Morgan fingerprint density at radius 1 is 1.28 bits per heavy atom. The van der Waals surface area contributed by atoms with Crippen LogP contribution in [0.4, 0.5) is 5.82 Å². The predicted molar refractivity (Wildman–Crippen MR) is 100 cm³/mol. The van der Waals surface area contributed by atoms with Crippen LogP contribution in [0.5, 0.6) is 5.75 Å². The van der Waals surface area contributed by atoms with Gasteiger partial charge in [-0.2, -0.15) is 0 Å². The fraction of sp³-hybridized carbons (Fsp3) is 0.500. The van der Waals surface area contributed by atoms with Crippen LogP contribution >= 0.6 is 0 Å². The van der Waals surface area contributed by atoms with Gasteiger partial charge in [-0.25, -0.2) is 4.98 Å². The van der Waals surface area contributed by atoms with Crippen molar-refractivity contribution in [2.24, 2.45) is 0 Å². The van der Waals surface area contributed by atoms with Crippen molar-refractivity contribution in [3.05, 3.63) is 41.8 Å². The SMILES string of the molecule is C/C=C(\C=C/CC)N1CCOc2cc(C(=O)N3CCCCC3)cnc21. The number of likely N-dealkylation sites (tertiary alicyclic amines) is 1. The highest BCUT2D eigenvalue weighted by atomic mass is 16.5. The Balaban J connectivity index is 1.84. The number of hydrogen-bond donors (Lipinski definition) is 0. The summed E-state index contributed by atoms with van der Waals surface area (Å²) in [6.07, 6.45) is 12.4. The van der Waals surface area contributed by atoms with Crippen molar-refractivity contribution < 1.29 is 9.53 Å². The second kappa shape index (κ2) is 8.19. The highest BCUT2D eigenvalue weighted by Gasteiger charge is 2.25. The van der Waals surface area contributed by atoms with E-state index in [0.717, 1.165) is 50.4 Å². The molecule has 1 saturated heterocycles. The lowest BCUT2D eigenvalue weighted by molar-refractivity contribution is 0.0723. The number of amides is 1. The molecule has 0 aliphatic carbocycles. The number of piperidine rings is 1. The topological polar surface area (TPSA) is 45.7 Å². The van der Waals surface area contributed by atoms with E-state index in [1.54, 1.807) is 6.20 Å². The van der Waals surface area contributed by atoms with Crippen molar-refractivity contribution in [3.63, 3.8) is 0 Å². The Labute approximate surface area is 150 Å². The molecule has 0 saturated carbocycles. The molecular formula is C20H27N3O2. The number of nitrogens with zero attached hydrogens (tertiary/aromatic N) is 3. The van der Waals surface area contributed by atoms with Crippen LogP contribution in [0.3, 0.4) is 0 Å². The maximum atomic E-state index is 12.7. The van der Waals surface area contributed by atoms with Gasteiger partial charge in [0.15, 0.2) is 11.6 Å². The number of aromatic nitrogens is 1. The minimum absolute atomic E-state index is 0.0628. The van der Waals surface area contributed by atoms with E-state index in [4.69, 9.17) is 4.74 Å². The number of anilines is 1. The molecule has 0 radical (unpaired) electrons. The number of pyridine rings is 1. The van der Waals surface area contributed by atoms with Crippen molar-refractivity contribution in [2.75, 3.05) is 31.1 Å². The van der Waals surface area contributed by atoms with E-state index in [-0.39, 0.29) is 5.91 Å². The highest BCUT2D eigenvalue weighted by molar-refractivity contribution is 5.95. The Bertz CT molecular complexity index is 676. The zero-order chi connectivity index (χ0) is 17.6. The smallest absolute Gasteiger partial charge is 0.255 e. The van der Waals surface area contributed by atoms with Gasteiger partial charge in [0, 0.05) is 25.0 Å². The number of fused-ring (bicyclic) bond motifs is 1. The van der Waals surface area contributed by atoms with Crippen LogP contribution in [-0.2, 0) is 0 Å². The first-order chi connectivity index (χ1) is 12.2. The molecule has 1 fully saturated rings. The minimum atomic E-state index is 0.0628. The maximum Gasteiger partial charge on any atom is 0.255 e. The molecular weight excluding hydrogens is 314 g/mol. The Morgan fingerprint density at radius 3 is 2.80 bits per heavy atom. The van der Waals surface area contributed by atoms with Crippen molar-refractivity contribution in [1.29, 1.82) is 0 Å². The predicted octanol–water partition coefficient (Wildman–Crippen LogP) is 3.78. The van der Waals surface area contributed by atoms with Crippen LogP contribution in [0.2, 0.25) is 0 Å². The molecule has 0 bridgehead atoms. The molecule has 3 heterocycles. The lowest BCUT2D eigenvalue weighted by atomic mass is 10.1. The van der Waals surface area contributed by atoms with Gasteiger partial charge < -0.3 is 14.5 Å². The largest absolute Gasteiger partial charge is 0.488 e. The van der Waals surface area contributed by atoms with Gasteiger partial charge in [-0.1, -0.05) is 19.1 Å². The zero-order valence-electron chi connectivity index (χ0n) is 15.2. The van der Waals surface area contributed by atoms with Crippen LogP contribution in [0.25, 0.3) is 0 Å². The molecule has 0 unspecified atom stereocenters. The summed E-state index contributed by atoms with van der Waals surface area (Å²) >= 11 is 0. The van der Waals surface area contributed by atoms with Crippen LogP contribution in [-0.4, -0.2) is 42.0 Å². The third kappa shape index (κ3) is 3.86. The molecule has 3 rings (SSSR count). The molecule has 5 heteroatoms. The van der Waals surface area contributed by atoms with Crippen molar-refractivity contribution >= 4 is 11.7 Å². The summed E-state index contributed by atoms with van der Waals surface area (Å²) in [4.78, 5) is 21.3. The lowest BCUT2D eigenvalue weighted by Crippen LogP contribution is -2.36. The van der Waals surface area contributed by atoms with Gasteiger partial charge in [0.1, 0.15) is 6.61 Å². The van der Waals surface area contributed by atoms with Crippen LogP contribution in [0.15, 0.2) is 36.2 Å². The second-order valence-corrected chi connectivity index (χ2v) is 6.42. The third-order valence-electron chi connectivity index (χ3n) is 4.68. The number of ether oxygens (including phenoxy) is 1. The number of allylic oxidation sites excluding steroid dienone is 3. The Kier molecular flexibility index (Phi) is 5.74. The molecule has 25 heavy (non-hydrogen) atoms. The fourth-order valence-electron chi connectivity index (χ4n) is 3.33. The summed E-state index contributed by atoms with van der Waals surface area (Å²) in [5.74, 6) is 1.54. The molecule has 0 aromatic carbocycles. The summed E-state index contributed by atoms with van der Waals surface area (Å²) in [6.45, 7) is 7.17. The van der Waals surface area contributed by atoms with E-state index in [0.29, 0.717) is 17.9 Å². The highest BCUT2D eigenvalue weighted by Crippen LogP contribution is 2.33. The molecule has 2 aliphatic rings. The summed E-state index contributed by atoms with van der Waals surface area (Å²) in [7, 11) is 0. The first kappa shape index (κ1) is 17.5. The normalized spacial score (nSPS) is 18.2. The number of carbonyl (C=O) groups is 1. The zero-order valence-corrected chi connectivity index (χ0v) is 15.2. The van der Waals surface area contributed by atoms with Gasteiger partial charge in [-0.3, -0.25) is 4.79 Å². The van der Waals surface area contributed by atoms with Crippen LogP contribution < -0.4 is 9.64 Å². The number of hydrogen-bond acceptors (Lipinski definition) is 4. The summed E-state index contributed by atoms with van der Waals surface area (Å²) < 4.78 is 5.80. The van der Waals surface area contributed by atoms with E-state index in [2.05, 4.69) is 35.0 Å². The molecule has 0 spiro atoms. The van der Waals surface area contributed by atoms with E-state index < -0.39 is 0 Å². The van der Waals surface area contributed by atoms with Crippen molar-refractivity contribution in [1.82, 2.24) is 9.88 Å². The quantitative estimate of drug-likeness (QED) is 0.782. The summed E-state index contributed by atoms with van der Waals surface area (Å²) in [6, 6.07) is 1.85. The van der Waals surface area contributed by atoms with Gasteiger partial charge in [-0.05, 0) is 44.7 Å². The molecule has 1 amide bonds. The molecule has 1 aromatic rings. The van der Waals surface area contributed by atoms with E-state index in [9.17, 15) is 4.79 Å². The van der Waals surface area contributed by atoms with Gasteiger partial charge in [0.25, 0.3) is 5.91 Å².